The first-order valence-corrected chi connectivity index (χ1v) is 7.70. The molecule has 22 heavy (non-hydrogen) atoms. The molecule has 2 aromatic rings. The van der Waals surface area contributed by atoms with E-state index >= 15 is 0 Å². The van der Waals surface area contributed by atoms with Gasteiger partial charge in [0, 0.05) is 9.26 Å². The lowest BCUT2D eigenvalue weighted by atomic mass is 10.2. The fourth-order valence-corrected chi connectivity index (χ4v) is 2.04. The molecule has 0 saturated carbocycles. The molecule has 0 fully saturated rings. The highest BCUT2D eigenvalue weighted by Crippen LogP contribution is 2.16. The zero-order chi connectivity index (χ0) is 15.9. The number of rotatable bonds is 5. The maximum absolute atomic E-state index is 12.7. The predicted octanol–water partition coefficient (Wildman–Crippen LogP) is 3.30. The van der Waals surface area contributed by atoms with Gasteiger partial charge >= 0.3 is 0 Å². The summed E-state index contributed by atoms with van der Waals surface area (Å²) in [4.78, 5) is 11.7. The zero-order valence-electron chi connectivity index (χ0n) is 11.9. The second-order valence-electron chi connectivity index (χ2n) is 4.66. The minimum atomic E-state index is -0.307. The van der Waals surface area contributed by atoms with Crippen molar-refractivity contribution in [2.75, 3.05) is 11.9 Å². The van der Waals surface area contributed by atoms with Gasteiger partial charge in [-0.1, -0.05) is 12.1 Å². The van der Waals surface area contributed by atoms with Crippen LogP contribution in [0.15, 0.2) is 47.6 Å². The largest absolute Gasteiger partial charge is 0.376 e. The third-order valence-corrected chi connectivity index (χ3v) is 4.09. The Hall–Kier alpha value is -1.96. The van der Waals surface area contributed by atoms with E-state index < -0.39 is 0 Å². The molecule has 2 aromatic carbocycles. The number of carbonyl (C=O) groups excluding carboxylic acids is 1. The van der Waals surface area contributed by atoms with Crippen LogP contribution in [0.4, 0.5) is 10.1 Å². The van der Waals surface area contributed by atoms with Gasteiger partial charge in [0.25, 0.3) is 5.91 Å². The number of benzene rings is 2. The zero-order valence-corrected chi connectivity index (χ0v) is 14.1. The SMILES string of the molecule is Cc1cc(NCC(=O)NN=Cc2ccc(F)cc2)ccc1I. The average molecular weight is 411 g/mol. The number of aryl methyl sites for hydroxylation is 1. The molecule has 0 radical (unpaired) electrons. The molecule has 6 heteroatoms. The topological polar surface area (TPSA) is 53.5 Å². The summed E-state index contributed by atoms with van der Waals surface area (Å²) in [5.74, 6) is -0.562. The molecule has 0 aliphatic rings. The quantitative estimate of drug-likeness (QED) is 0.451. The molecule has 0 aromatic heterocycles. The predicted molar refractivity (Wildman–Crippen MR) is 94.5 cm³/mol. The van der Waals surface area contributed by atoms with Crippen LogP contribution >= 0.6 is 22.6 Å². The molecule has 0 unspecified atom stereocenters. The lowest BCUT2D eigenvalue weighted by Crippen LogP contribution is -2.25. The summed E-state index contributed by atoms with van der Waals surface area (Å²) >= 11 is 2.26. The Labute approximate surface area is 142 Å². The van der Waals surface area contributed by atoms with E-state index in [-0.39, 0.29) is 18.3 Å². The van der Waals surface area contributed by atoms with Crippen molar-refractivity contribution in [3.63, 3.8) is 0 Å². The van der Waals surface area contributed by atoms with Gasteiger partial charge in [0.05, 0.1) is 12.8 Å². The lowest BCUT2D eigenvalue weighted by molar-refractivity contribution is -0.119. The number of halogens is 2. The third kappa shape index (κ3) is 5.10. The van der Waals surface area contributed by atoms with Gasteiger partial charge < -0.3 is 5.32 Å². The van der Waals surface area contributed by atoms with E-state index in [9.17, 15) is 9.18 Å². The number of amides is 1. The first-order valence-electron chi connectivity index (χ1n) is 6.62. The number of carbonyl (C=O) groups is 1. The number of nitrogens with zero attached hydrogens (tertiary/aromatic N) is 1. The summed E-state index contributed by atoms with van der Waals surface area (Å²) in [6.45, 7) is 2.14. The molecule has 4 nitrogen and oxygen atoms in total. The number of hydrazone groups is 1. The summed E-state index contributed by atoms with van der Waals surface area (Å²) in [6, 6.07) is 11.7. The van der Waals surface area contributed by atoms with Gasteiger partial charge in [0.2, 0.25) is 0 Å². The summed E-state index contributed by atoms with van der Waals surface area (Å²) < 4.78 is 13.9. The van der Waals surface area contributed by atoms with Crippen molar-refractivity contribution >= 4 is 40.4 Å². The van der Waals surface area contributed by atoms with Crippen molar-refractivity contribution in [2.24, 2.45) is 5.10 Å². The molecule has 114 valence electrons. The normalized spacial score (nSPS) is 10.7. The maximum atomic E-state index is 12.7. The van der Waals surface area contributed by atoms with Gasteiger partial charge in [-0.15, -0.1) is 0 Å². The Bertz CT molecular complexity index is 686. The molecule has 0 heterocycles. The minimum absolute atomic E-state index is 0.126. The Morgan fingerprint density at radius 3 is 2.68 bits per heavy atom. The van der Waals surface area contributed by atoms with Crippen molar-refractivity contribution in [3.8, 4) is 0 Å². The van der Waals surface area contributed by atoms with E-state index in [0.29, 0.717) is 5.56 Å². The van der Waals surface area contributed by atoms with Crippen LogP contribution in [0.25, 0.3) is 0 Å². The van der Waals surface area contributed by atoms with Crippen LogP contribution in [0.1, 0.15) is 11.1 Å². The highest BCUT2D eigenvalue weighted by atomic mass is 127. The van der Waals surface area contributed by atoms with E-state index in [4.69, 9.17) is 0 Å². The van der Waals surface area contributed by atoms with Crippen molar-refractivity contribution in [2.45, 2.75) is 6.92 Å². The fourth-order valence-electron chi connectivity index (χ4n) is 1.70. The van der Waals surface area contributed by atoms with Crippen LogP contribution in [0.2, 0.25) is 0 Å². The first kappa shape index (κ1) is 16.4. The molecule has 0 bridgehead atoms. The number of hydrogen-bond acceptors (Lipinski definition) is 3. The van der Waals surface area contributed by atoms with E-state index in [1.54, 1.807) is 12.1 Å². The van der Waals surface area contributed by atoms with Crippen molar-refractivity contribution in [1.82, 2.24) is 5.43 Å². The fraction of sp³-hybridized carbons (Fsp3) is 0.125. The molecule has 0 atom stereocenters. The minimum Gasteiger partial charge on any atom is -0.376 e. The highest BCUT2D eigenvalue weighted by Gasteiger charge is 2.01. The summed E-state index contributed by atoms with van der Waals surface area (Å²) in [5, 5.41) is 6.86. The van der Waals surface area contributed by atoms with E-state index in [2.05, 4.69) is 38.4 Å². The highest BCUT2D eigenvalue weighted by molar-refractivity contribution is 14.1. The van der Waals surface area contributed by atoms with Gasteiger partial charge in [0.1, 0.15) is 5.82 Å². The van der Waals surface area contributed by atoms with Crippen LogP contribution in [-0.4, -0.2) is 18.7 Å². The van der Waals surface area contributed by atoms with Crippen LogP contribution in [0.3, 0.4) is 0 Å². The molecule has 0 aliphatic carbocycles. The molecular weight excluding hydrogens is 396 g/mol. The number of anilines is 1. The molecular formula is C16H15FIN3O. The second kappa shape index (κ2) is 7.88. The summed E-state index contributed by atoms with van der Waals surface area (Å²) in [5.41, 5.74) is 5.16. The standard InChI is InChI=1S/C16H15FIN3O/c1-11-8-14(6-7-15(11)18)19-10-16(22)21-20-9-12-2-4-13(17)5-3-12/h2-9,19H,10H2,1H3,(H,21,22). The van der Waals surface area contributed by atoms with Gasteiger partial charge in [0.15, 0.2) is 0 Å². The smallest absolute Gasteiger partial charge is 0.259 e. The Morgan fingerprint density at radius 2 is 2.00 bits per heavy atom. The Morgan fingerprint density at radius 1 is 1.27 bits per heavy atom. The molecule has 0 saturated heterocycles. The number of hydrogen-bond donors (Lipinski definition) is 2. The molecule has 0 aliphatic heterocycles. The lowest BCUT2D eigenvalue weighted by Gasteiger charge is -2.07. The Kier molecular flexibility index (Phi) is 5.88. The Balaban J connectivity index is 1.80. The van der Waals surface area contributed by atoms with E-state index in [1.807, 2.05) is 25.1 Å². The molecule has 0 spiro atoms. The summed E-state index contributed by atoms with van der Waals surface area (Å²) in [7, 11) is 0. The van der Waals surface area contributed by atoms with Gasteiger partial charge in [-0.3, -0.25) is 4.79 Å². The second-order valence-corrected chi connectivity index (χ2v) is 5.82. The van der Waals surface area contributed by atoms with Crippen molar-refractivity contribution < 1.29 is 9.18 Å². The first-order chi connectivity index (χ1) is 10.5. The van der Waals surface area contributed by atoms with Crippen molar-refractivity contribution in [3.05, 3.63) is 63.0 Å². The van der Waals surface area contributed by atoms with Gasteiger partial charge in [-0.2, -0.15) is 5.10 Å². The maximum Gasteiger partial charge on any atom is 0.259 e. The summed E-state index contributed by atoms with van der Waals surface area (Å²) in [6.07, 6.45) is 1.46. The van der Waals surface area contributed by atoms with Crippen molar-refractivity contribution in [1.29, 1.82) is 0 Å². The third-order valence-electron chi connectivity index (χ3n) is 2.88. The van der Waals surface area contributed by atoms with Crippen LogP contribution in [0.5, 0.6) is 0 Å². The van der Waals surface area contributed by atoms with Crippen LogP contribution in [-0.2, 0) is 4.79 Å². The monoisotopic (exact) mass is 411 g/mol. The van der Waals surface area contributed by atoms with E-state index in [1.165, 1.54) is 21.9 Å². The van der Waals surface area contributed by atoms with Crippen LogP contribution < -0.4 is 10.7 Å². The van der Waals surface area contributed by atoms with Crippen LogP contribution in [0, 0.1) is 16.3 Å². The van der Waals surface area contributed by atoms with E-state index in [0.717, 1.165) is 11.3 Å². The van der Waals surface area contributed by atoms with Gasteiger partial charge in [-0.05, 0) is 71.0 Å². The molecule has 2 N–H and O–H groups in total. The molecule has 1 amide bonds. The average Bonchev–Trinajstić information content (AvgIpc) is 2.50. The number of nitrogens with one attached hydrogen (secondary N) is 2. The molecule has 2 rings (SSSR count). The van der Waals surface area contributed by atoms with Gasteiger partial charge in [-0.25, -0.2) is 9.82 Å².